The number of nitrogens with zero attached hydrogens (tertiary/aromatic N) is 4. The van der Waals surface area contributed by atoms with Crippen LogP contribution in [0.25, 0.3) is 5.57 Å². The average molecular weight is 395 g/mol. The van der Waals surface area contributed by atoms with Gasteiger partial charge in [-0.2, -0.15) is 5.10 Å². The van der Waals surface area contributed by atoms with Gasteiger partial charge in [-0.15, -0.1) is 0 Å². The predicted octanol–water partition coefficient (Wildman–Crippen LogP) is 3.41. The Morgan fingerprint density at radius 3 is 3.03 bits per heavy atom. The van der Waals surface area contributed by atoms with Gasteiger partial charge in [0.2, 0.25) is 0 Å². The zero-order valence-corrected chi connectivity index (χ0v) is 16.5. The Hall–Kier alpha value is -3.00. The van der Waals surface area contributed by atoms with Gasteiger partial charge < -0.3 is 14.8 Å². The third kappa shape index (κ3) is 4.54. The summed E-state index contributed by atoms with van der Waals surface area (Å²) in [7, 11) is 1.94. The maximum Gasteiger partial charge on any atom is 0.184 e. The van der Waals surface area contributed by atoms with Crippen LogP contribution in [0.4, 0.5) is 0 Å². The van der Waals surface area contributed by atoms with Crippen LogP contribution >= 0.6 is 0 Å². The minimum absolute atomic E-state index is 0.0155. The van der Waals surface area contributed by atoms with E-state index in [0.29, 0.717) is 12.1 Å². The minimum Gasteiger partial charge on any atom is -0.364 e. The van der Waals surface area contributed by atoms with Crippen LogP contribution in [0.1, 0.15) is 71.3 Å². The second-order valence-corrected chi connectivity index (χ2v) is 7.51. The van der Waals surface area contributed by atoms with Gasteiger partial charge in [0.15, 0.2) is 11.5 Å². The molecule has 8 nitrogen and oxygen atoms in total. The molecule has 3 aromatic rings. The van der Waals surface area contributed by atoms with Crippen molar-refractivity contribution in [1.82, 2.24) is 20.1 Å². The molecule has 0 bridgehead atoms. The molecule has 0 spiro atoms. The lowest BCUT2D eigenvalue weighted by atomic mass is 9.95. The van der Waals surface area contributed by atoms with Crippen molar-refractivity contribution in [3.05, 3.63) is 59.1 Å². The highest BCUT2D eigenvalue weighted by Gasteiger charge is 2.20. The first-order valence-corrected chi connectivity index (χ1v) is 9.96. The highest BCUT2D eigenvalue weighted by atomic mass is 16.5. The van der Waals surface area contributed by atoms with Crippen LogP contribution < -0.4 is 5.73 Å². The maximum atomic E-state index is 11.9. The molecule has 1 atom stereocenters. The fourth-order valence-corrected chi connectivity index (χ4v) is 3.66. The maximum absolute atomic E-state index is 11.9. The number of nitrogens with two attached hydrogens (primary N) is 1. The van der Waals surface area contributed by atoms with E-state index in [1.165, 1.54) is 11.8 Å². The van der Waals surface area contributed by atoms with Crippen molar-refractivity contribution in [1.29, 1.82) is 0 Å². The molecule has 0 saturated heterocycles. The molecule has 3 heterocycles. The van der Waals surface area contributed by atoms with Crippen molar-refractivity contribution in [3.63, 3.8) is 0 Å². The second-order valence-electron chi connectivity index (χ2n) is 7.51. The largest absolute Gasteiger partial charge is 0.364 e. The third-order valence-electron chi connectivity index (χ3n) is 5.28. The first-order chi connectivity index (χ1) is 14.1. The zero-order valence-electron chi connectivity index (χ0n) is 16.5. The summed E-state index contributed by atoms with van der Waals surface area (Å²) in [6.07, 6.45) is 11.2. The van der Waals surface area contributed by atoms with Crippen molar-refractivity contribution in [2.75, 3.05) is 0 Å². The van der Waals surface area contributed by atoms with E-state index in [1.54, 1.807) is 6.07 Å². The number of Topliss-reactive ketones (excluding diaryl/α,β-unsaturated/α-hetero) is 1. The fraction of sp³-hybridized carbons (Fsp3) is 0.429. The molecule has 0 saturated carbocycles. The molecule has 4 rings (SSSR count). The number of fused-ring (bicyclic) bond motifs is 1. The molecule has 29 heavy (non-hydrogen) atoms. The Morgan fingerprint density at radius 2 is 2.21 bits per heavy atom. The molecule has 8 heteroatoms. The number of carbonyl (C=O) groups excluding carboxylic acids is 1. The van der Waals surface area contributed by atoms with Gasteiger partial charge in [0.05, 0.1) is 11.7 Å². The molecule has 1 aliphatic carbocycles. The molecule has 2 N–H and O–H groups in total. The van der Waals surface area contributed by atoms with Gasteiger partial charge in [-0.1, -0.05) is 29.2 Å². The molecule has 152 valence electrons. The standard InChI is InChI=1S/C21H25N5O3/c1-26-13-15-11-14(7-8-17(15)23-26)21-12-19(25-29-21)16(22)5-3-2-4-6-20(27)18-9-10-28-24-18/h7,9-10,12-13,16H,2-6,8,11,22H2,1H3/t16-/m0/s1. The number of rotatable bonds is 9. The molecule has 0 unspecified atom stereocenters. The summed E-state index contributed by atoms with van der Waals surface area (Å²) in [5.74, 6) is 0.796. The van der Waals surface area contributed by atoms with Crippen molar-refractivity contribution in [2.24, 2.45) is 12.8 Å². The van der Waals surface area contributed by atoms with E-state index in [9.17, 15) is 4.79 Å². The molecule has 0 amide bonds. The quantitative estimate of drug-likeness (QED) is 0.436. The van der Waals surface area contributed by atoms with E-state index in [-0.39, 0.29) is 11.8 Å². The Labute approximate surface area is 168 Å². The predicted molar refractivity (Wildman–Crippen MR) is 106 cm³/mol. The van der Waals surface area contributed by atoms with Crippen molar-refractivity contribution in [3.8, 4) is 0 Å². The van der Waals surface area contributed by atoms with Crippen molar-refractivity contribution >= 4 is 11.4 Å². The lowest BCUT2D eigenvalue weighted by Crippen LogP contribution is -2.10. The van der Waals surface area contributed by atoms with E-state index in [4.69, 9.17) is 14.8 Å². The van der Waals surface area contributed by atoms with Crippen LogP contribution in [0.3, 0.4) is 0 Å². The van der Waals surface area contributed by atoms with Crippen molar-refractivity contribution < 1.29 is 13.8 Å². The van der Waals surface area contributed by atoms with E-state index >= 15 is 0 Å². The summed E-state index contributed by atoms with van der Waals surface area (Å²) in [6, 6.07) is 3.38. The first-order valence-electron chi connectivity index (χ1n) is 9.96. The summed E-state index contributed by atoms with van der Waals surface area (Å²) in [5.41, 5.74) is 10.9. The van der Waals surface area contributed by atoms with Crippen LogP contribution in [0.5, 0.6) is 0 Å². The van der Waals surface area contributed by atoms with E-state index < -0.39 is 0 Å². The Bertz CT molecular complexity index is 1000. The number of hydrogen-bond acceptors (Lipinski definition) is 7. The molecule has 0 radical (unpaired) electrons. The summed E-state index contributed by atoms with van der Waals surface area (Å²) in [6.45, 7) is 0. The van der Waals surface area contributed by atoms with Crippen molar-refractivity contribution in [2.45, 2.75) is 51.0 Å². The molecule has 3 aromatic heterocycles. The molecule has 0 fully saturated rings. The highest BCUT2D eigenvalue weighted by Crippen LogP contribution is 2.28. The van der Waals surface area contributed by atoms with Gasteiger partial charge in [0.25, 0.3) is 0 Å². The van der Waals surface area contributed by atoms with Crippen LogP contribution in [0, 0.1) is 0 Å². The monoisotopic (exact) mass is 395 g/mol. The van der Waals surface area contributed by atoms with Crippen LogP contribution in [-0.2, 0) is 19.9 Å². The number of carbonyl (C=O) groups is 1. The summed E-state index contributed by atoms with van der Waals surface area (Å²) < 4.78 is 12.1. The van der Waals surface area contributed by atoms with Gasteiger partial charge in [0, 0.05) is 44.6 Å². The number of aryl methyl sites for hydroxylation is 1. The summed E-state index contributed by atoms with van der Waals surface area (Å²) in [5, 5.41) is 12.3. The number of aromatic nitrogens is 4. The number of allylic oxidation sites excluding steroid dienone is 2. The zero-order chi connectivity index (χ0) is 20.2. The molecule has 0 aliphatic heterocycles. The lowest BCUT2D eigenvalue weighted by Gasteiger charge is -2.09. The number of hydrogen-bond donors (Lipinski definition) is 1. The fourth-order valence-electron chi connectivity index (χ4n) is 3.66. The van der Waals surface area contributed by atoms with Gasteiger partial charge in [-0.3, -0.25) is 9.48 Å². The molecule has 0 aromatic carbocycles. The Kier molecular flexibility index (Phi) is 5.71. The minimum atomic E-state index is -0.170. The Morgan fingerprint density at radius 1 is 1.31 bits per heavy atom. The Balaban J connectivity index is 1.23. The normalized spacial score (nSPS) is 14.5. The van der Waals surface area contributed by atoms with E-state index in [0.717, 1.165) is 61.2 Å². The van der Waals surface area contributed by atoms with E-state index in [1.807, 2.05) is 17.8 Å². The summed E-state index contributed by atoms with van der Waals surface area (Å²) >= 11 is 0. The lowest BCUT2D eigenvalue weighted by molar-refractivity contribution is 0.0970. The topological polar surface area (TPSA) is 113 Å². The molecular formula is C21H25N5O3. The third-order valence-corrected chi connectivity index (χ3v) is 5.28. The van der Waals surface area contributed by atoms with Crippen LogP contribution in [0.2, 0.25) is 0 Å². The first kappa shape index (κ1) is 19.3. The summed E-state index contributed by atoms with van der Waals surface area (Å²) in [4.78, 5) is 11.9. The van der Waals surface area contributed by atoms with Gasteiger partial charge in [-0.05, 0) is 24.0 Å². The average Bonchev–Trinajstić information content (AvgIpc) is 3.45. The number of unbranched alkanes of at least 4 members (excludes halogenated alkanes) is 2. The second kappa shape index (κ2) is 8.57. The van der Waals surface area contributed by atoms with Crippen LogP contribution in [0.15, 0.2) is 39.7 Å². The smallest absolute Gasteiger partial charge is 0.184 e. The highest BCUT2D eigenvalue weighted by molar-refractivity contribution is 5.93. The molecule has 1 aliphatic rings. The molecular weight excluding hydrogens is 370 g/mol. The van der Waals surface area contributed by atoms with Gasteiger partial charge >= 0.3 is 0 Å². The van der Waals surface area contributed by atoms with Gasteiger partial charge in [0.1, 0.15) is 17.7 Å². The van der Waals surface area contributed by atoms with E-state index in [2.05, 4.69) is 27.7 Å². The SMILES string of the molecule is Cn1cc2c(n1)CC=C(c1cc([C@@H](N)CCCCCC(=O)c3ccon3)no1)C2. The number of ketones is 1. The van der Waals surface area contributed by atoms with Gasteiger partial charge in [-0.25, -0.2) is 0 Å². The van der Waals surface area contributed by atoms with Crippen LogP contribution in [-0.4, -0.2) is 25.9 Å².